The summed E-state index contributed by atoms with van der Waals surface area (Å²) in [6.45, 7) is 0. The Morgan fingerprint density at radius 3 is 1.80 bits per heavy atom. The van der Waals surface area contributed by atoms with E-state index in [1.54, 1.807) is 11.8 Å². The second kappa shape index (κ2) is 6.99. The quantitative estimate of drug-likeness (QED) is 0.459. The van der Waals surface area contributed by atoms with Gasteiger partial charge in [0.05, 0.1) is 10.6 Å². The first kappa shape index (κ1) is 15.7. The molecular weight excluding hydrogens is 324 g/mol. The third-order valence-electron chi connectivity index (χ3n) is 4.06. The van der Waals surface area contributed by atoms with E-state index >= 15 is 0 Å². The Morgan fingerprint density at radius 2 is 1.20 bits per heavy atom. The molecule has 25 heavy (non-hydrogen) atoms. The minimum atomic E-state index is 1.02. The lowest BCUT2D eigenvalue weighted by Gasteiger charge is -2.08. The van der Waals surface area contributed by atoms with Gasteiger partial charge in [0.15, 0.2) is 0 Å². The van der Waals surface area contributed by atoms with Gasteiger partial charge in [-0.15, -0.1) is 0 Å². The topological polar surface area (TPSA) is 17.8 Å². The van der Waals surface area contributed by atoms with Crippen LogP contribution in [0.25, 0.3) is 22.5 Å². The molecule has 3 aromatic carbocycles. The highest BCUT2D eigenvalue weighted by molar-refractivity contribution is 7.99. The molecule has 0 N–H and O–H groups in total. The molecule has 0 saturated heterocycles. The van der Waals surface area contributed by atoms with E-state index in [4.69, 9.17) is 5.10 Å². The summed E-state index contributed by atoms with van der Waals surface area (Å²) >= 11 is 1.77. The maximum atomic E-state index is 4.85. The molecule has 4 rings (SSSR count). The van der Waals surface area contributed by atoms with E-state index in [-0.39, 0.29) is 0 Å². The van der Waals surface area contributed by atoms with E-state index in [9.17, 15) is 0 Å². The summed E-state index contributed by atoms with van der Waals surface area (Å²) in [5, 5.41) is 4.85. The first-order valence-corrected chi connectivity index (χ1v) is 9.05. The SMILES string of the molecule is Cn1nc(-c2ccccc2)c(Sc2ccccc2)c1-c1ccccc1. The number of nitrogens with zero attached hydrogens (tertiary/aromatic N) is 2. The molecule has 0 aliphatic heterocycles. The molecule has 0 bridgehead atoms. The Hall–Kier alpha value is -2.78. The molecule has 122 valence electrons. The molecule has 0 unspecified atom stereocenters. The van der Waals surface area contributed by atoms with Crippen LogP contribution in [0.15, 0.2) is 101 Å². The average molecular weight is 342 g/mol. The zero-order valence-corrected chi connectivity index (χ0v) is 14.8. The maximum absolute atomic E-state index is 4.85. The third-order valence-corrected chi connectivity index (χ3v) is 5.16. The van der Waals surface area contributed by atoms with Gasteiger partial charge in [0.1, 0.15) is 5.69 Å². The molecule has 0 aliphatic carbocycles. The van der Waals surface area contributed by atoms with Crippen LogP contribution >= 0.6 is 11.8 Å². The van der Waals surface area contributed by atoms with Crippen LogP contribution in [0, 0.1) is 0 Å². The van der Waals surface area contributed by atoms with Crippen molar-refractivity contribution in [1.29, 1.82) is 0 Å². The lowest BCUT2D eigenvalue weighted by molar-refractivity contribution is 0.778. The Bertz CT molecular complexity index is 961. The molecule has 0 fully saturated rings. The van der Waals surface area contributed by atoms with Crippen molar-refractivity contribution in [3.8, 4) is 22.5 Å². The predicted molar refractivity (Wildman–Crippen MR) is 105 cm³/mol. The summed E-state index contributed by atoms with van der Waals surface area (Å²) in [7, 11) is 2.02. The van der Waals surface area contributed by atoms with Crippen molar-refractivity contribution in [2.75, 3.05) is 0 Å². The van der Waals surface area contributed by atoms with Crippen molar-refractivity contribution >= 4 is 11.8 Å². The zero-order chi connectivity index (χ0) is 17.1. The van der Waals surface area contributed by atoms with Crippen LogP contribution in [0.2, 0.25) is 0 Å². The van der Waals surface area contributed by atoms with Crippen LogP contribution in [-0.2, 0) is 7.05 Å². The fourth-order valence-corrected chi connectivity index (χ4v) is 4.04. The van der Waals surface area contributed by atoms with E-state index in [1.807, 2.05) is 29.9 Å². The molecule has 0 atom stereocenters. The van der Waals surface area contributed by atoms with Crippen molar-refractivity contribution in [1.82, 2.24) is 9.78 Å². The fraction of sp³-hybridized carbons (Fsp3) is 0.0455. The monoisotopic (exact) mass is 342 g/mol. The van der Waals surface area contributed by atoms with E-state index in [0.717, 1.165) is 17.0 Å². The molecule has 0 radical (unpaired) electrons. The van der Waals surface area contributed by atoms with Crippen molar-refractivity contribution in [2.24, 2.45) is 7.05 Å². The summed E-state index contributed by atoms with van der Waals surface area (Å²) < 4.78 is 1.99. The van der Waals surface area contributed by atoms with Crippen LogP contribution in [0.5, 0.6) is 0 Å². The van der Waals surface area contributed by atoms with Crippen molar-refractivity contribution in [2.45, 2.75) is 9.79 Å². The first-order valence-electron chi connectivity index (χ1n) is 8.23. The van der Waals surface area contributed by atoms with Gasteiger partial charge in [0.2, 0.25) is 0 Å². The number of aryl methyl sites for hydroxylation is 1. The maximum Gasteiger partial charge on any atom is 0.107 e. The second-order valence-corrected chi connectivity index (χ2v) is 6.88. The Labute approximate surface area is 152 Å². The smallest absolute Gasteiger partial charge is 0.107 e. The highest BCUT2D eigenvalue weighted by Gasteiger charge is 2.19. The molecule has 1 aromatic heterocycles. The van der Waals surface area contributed by atoms with E-state index in [1.165, 1.54) is 15.4 Å². The Kier molecular flexibility index (Phi) is 4.40. The summed E-state index contributed by atoms with van der Waals surface area (Å²) in [5.74, 6) is 0. The molecule has 0 saturated carbocycles. The van der Waals surface area contributed by atoms with Gasteiger partial charge in [-0.25, -0.2) is 0 Å². The van der Waals surface area contributed by atoms with Crippen molar-refractivity contribution < 1.29 is 0 Å². The second-order valence-electron chi connectivity index (χ2n) is 5.80. The normalized spacial score (nSPS) is 10.8. The van der Waals surface area contributed by atoms with Gasteiger partial charge in [-0.1, -0.05) is 90.6 Å². The van der Waals surface area contributed by atoms with Crippen molar-refractivity contribution in [3.63, 3.8) is 0 Å². The van der Waals surface area contributed by atoms with Gasteiger partial charge in [-0.2, -0.15) is 5.10 Å². The summed E-state index contributed by atoms with van der Waals surface area (Å²) in [4.78, 5) is 2.40. The standard InChI is InChI=1S/C22H18N2S/c1-24-21(18-13-7-3-8-14-18)22(25-19-15-9-4-10-16-19)20(23-24)17-11-5-2-6-12-17/h2-16H,1H3. The number of benzene rings is 3. The van der Waals surface area contributed by atoms with Gasteiger partial charge >= 0.3 is 0 Å². The molecule has 4 aromatic rings. The Morgan fingerprint density at radius 1 is 0.680 bits per heavy atom. The molecular formula is C22H18N2S. The summed E-state index contributed by atoms with van der Waals surface area (Å²) in [5.41, 5.74) is 4.49. The van der Waals surface area contributed by atoms with Crippen LogP contribution in [-0.4, -0.2) is 9.78 Å². The third kappa shape index (κ3) is 3.24. The van der Waals surface area contributed by atoms with E-state index < -0.39 is 0 Å². The molecule has 0 aliphatic rings. The minimum absolute atomic E-state index is 1.02. The van der Waals surface area contributed by atoms with Crippen LogP contribution in [0.3, 0.4) is 0 Å². The molecule has 0 spiro atoms. The molecule has 1 heterocycles. The van der Waals surface area contributed by atoms with Gasteiger partial charge in [0, 0.05) is 23.1 Å². The first-order chi connectivity index (χ1) is 12.3. The van der Waals surface area contributed by atoms with Crippen molar-refractivity contribution in [3.05, 3.63) is 91.0 Å². The fourth-order valence-electron chi connectivity index (χ4n) is 2.91. The van der Waals surface area contributed by atoms with Crippen LogP contribution in [0.1, 0.15) is 0 Å². The highest BCUT2D eigenvalue weighted by atomic mass is 32.2. The number of aromatic nitrogens is 2. The predicted octanol–water partition coefficient (Wildman–Crippen LogP) is 5.91. The van der Waals surface area contributed by atoms with Gasteiger partial charge < -0.3 is 0 Å². The van der Waals surface area contributed by atoms with Gasteiger partial charge in [0.25, 0.3) is 0 Å². The average Bonchev–Trinajstić information content (AvgIpc) is 3.00. The molecule has 0 amide bonds. The molecule has 3 heteroatoms. The lowest BCUT2D eigenvalue weighted by Crippen LogP contribution is -1.94. The number of rotatable bonds is 4. The van der Waals surface area contributed by atoms with E-state index in [0.29, 0.717) is 0 Å². The Balaban J connectivity index is 1.91. The minimum Gasteiger partial charge on any atom is -0.266 e. The summed E-state index contributed by atoms with van der Waals surface area (Å²) in [6.07, 6.45) is 0. The van der Waals surface area contributed by atoms with Crippen LogP contribution < -0.4 is 0 Å². The van der Waals surface area contributed by atoms with Crippen LogP contribution in [0.4, 0.5) is 0 Å². The highest BCUT2D eigenvalue weighted by Crippen LogP contribution is 2.42. The van der Waals surface area contributed by atoms with E-state index in [2.05, 4.69) is 72.8 Å². The summed E-state index contributed by atoms with van der Waals surface area (Å²) in [6, 6.07) is 31.3. The molecule has 2 nitrogen and oxygen atoms in total. The number of hydrogen-bond acceptors (Lipinski definition) is 2. The lowest BCUT2D eigenvalue weighted by atomic mass is 10.1. The zero-order valence-electron chi connectivity index (χ0n) is 14.0. The van der Waals surface area contributed by atoms with Gasteiger partial charge in [-0.3, -0.25) is 4.68 Å². The largest absolute Gasteiger partial charge is 0.266 e. The number of hydrogen-bond donors (Lipinski definition) is 0. The van der Waals surface area contributed by atoms with Gasteiger partial charge in [-0.05, 0) is 12.1 Å².